The van der Waals surface area contributed by atoms with Gasteiger partial charge in [-0.05, 0) is 49.4 Å². The predicted molar refractivity (Wildman–Crippen MR) is 76.7 cm³/mol. The summed E-state index contributed by atoms with van der Waals surface area (Å²) in [4.78, 5) is 24.4. The number of carbonyl (C=O) groups excluding carboxylic acids is 1. The van der Waals surface area contributed by atoms with Gasteiger partial charge in [0.1, 0.15) is 0 Å². The van der Waals surface area contributed by atoms with Crippen LogP contribution in [0, 0.1) is 26.7 Å². The average Bonchev–Trinajstić information content (AvgIpc) is 2.74. The zero-order valence-corrected chi connectivity index (χ0v) is 12.3. The lowest BCUT2D eigenvalue weighted by Gasteiger charge is -2.17. The number of amides is 1. The van der Waals surface area contributed by atoms with Crippen LogP contribution in [0.25, 0.3) is 0 Å². The van der Waals surface area contributed by atoms with Crippen LogP contribution in [-0.2, 0) is 16.0 Å². The van der Waals surface area contributed by atoms with E-state index in [0.29, 0.717) is 13.1 Å². The first kappa shape index (κ1) is 14.6. The number of aryl methyl sites for hydroxylation is 3. The first-order valence-electron chi connectivity index (χ1n) is 6.95. The molecule has 1 unspecified atom stereocenters. The molecule has 4 nitrogen and oxygen atoms in total. The molecule has 0 bridgehead atoms. The Bertz CT molecular complexity index is 551. The van der Waals surface area contributed by atoms with E-state index in [2.05, 4.69) is 32.9 Å². The van der Waals surface area contributed by atoms with Crippen molar-refractivity contribution in [2.75, 3.05) is 13.1 Å². The largest absolute Gasteiger partial charge is 0.481 e. The van der Waals surface area contributed by atoms with Crippen molar-refractivity contribution in [1.29, 1.82) is 0 Å². The standard InChI is InChI=1S/C16H21NO3/c1-10-6-12(3)13(7-11(10)2)4-5-17-9-14(16(19)20)8-15(17)18/h6-7,14H,4-5,8-9H2,1-3H3,(H,19,20). The van der Waals surface area contributed by atoms with E-state index in [1.165, 1.54) is 22.3 Å². The van der Waals surface area contributed by atoms with Gasteiger partial charge in [0, 0.05) is 19.5 Å². The Hall–Kier alpha value is -1.84. The van der Waals surface area contributed by atoms with Gasteiger partial charge >= 0.3 is 5.97 Å². The van der Waals surface area contributed by atoms with Crippen LogP contribution in [-0.4, -0.2) is 35.0 Å². The van der Waals surface area contributed by atoms with E-state index in [4.69, 9.17) is 5.11 Å². The molecular weight excluding hydrogens is 254 g/mol. The van der Waals surface area contributed by atoms with Crippen molar-refractivity contribution in [3.8, 4) is 0 Å². The molecule has 1 aromatic carbocycles. The lowest BCUT2D eigenvalue weighted by Crippen LogP contribution is -2.28. The average molecular weight is 275 g/mol. The molecule has 0 spiro atoms. The summed E-state index contributed by atoms with van der Waals surface area (Å²) in [6.07, 6.45) is 0.923. The van der Waals surface area contributed by atoms with Crippen LogP contribution in [0.4, 0.5) is 0 Å². The number of hydrogen-bond acceptors (Lipinski definition) is 2. The third kappa shape index (κ3) is 3.00. The van der Waals surface area contributed by atoms with Crippen molar-refractivity contribution < 1.29 is 14.7 Å². The van der Waals surface area contributed by atoms with Crippen molar-refractivity contribution in [2.45, 2.75) is 33.6 Å². The second-order valence-corrected chi connectivity index (χ2v) is 5.69. The molecule has 1 amide bonds. The molecule has 1 heterocycles. The van der Waals surface area contributed by atoms with Crippen LogP contribution in [0.3, 0.4) is 0 Å². The number of benzene rings is 1. The molecule has 0 aliphatic carbocycles. The van der Waals surface area contributed by atoms with Gasteiger partial charge in [-0.15, -0.1) is 0 Å². The number of rotatable bonds is 4. The molecule has 1 aliphatic heterocycles. The molecule has 1 atom stereocenters. The van der Waals surface area contributed by atoms with Crippen LogP contribution in [0.1, 0.15) is 28.7 Å². The van der Waals surface area contributed by atoms with E-state index < -0.39 is 11.9 Å². The second-order valence-electron chi connectivity index (χ2n) is 5.69. The molecule has 1 saturated heterocycles. The van der Waals surface area contributed by atoms with Crippen molar-refractivity contribution >= 4 is 11.9 Å². The Morgan fingerprint density at radius 2 is 1.90 bits per heavy atom. The van der Waals surface area contributed by atoms with Crippen molar-refractivity contribution in [3.63, 3.8) is 0 Å². The summed E-state index contributed by atoms with van der Waals surface area (Å²) in [5.74, 6) is -1.45. The van der Waals surface area contributed by atoms with E-state index >= 15 is 0 Å². The van der Waals surface area contributed by atoms with E-state index in [1.54, 1.807) is 4.90 Å². The molecule has 108 valence electrons. The van der Waals surface area contributed by atoms with Gasteiger partial charge in [-0.2, -0.15) is 0 Å². The molecule has 1 aromatic rings. The lowest BCUT2D eigenvalue weighted by atomic mass is 9.99. The zero-order valence-electron chi connectivity index (χ0n) is 12.3. The highest BCUT2D eigenvalue weighted by Crippen LogP contribution is 2.20. The third-order valence-corrected chi connectivity index (χ3v) is 4.17. The van der Waals surface area contributed by atoms with Gasteiger partial charge in [0.05, 0.1) is 5.92 Å². The minimum atomic E-state index is -0.872. The smallest absolute Gasteiger partial charge is 0.308 e. The van der Waals surface area contributed by atoms with Crippen LogP contribution in [0.5, 0.6) is 0 Å². The minimum Gasteiger partial charge on any atom is -0.481 e. The highest BCUT2D eigenvalue weighted by atomic mass is 16.4. The molecule has 1 N–H and O–H groups in total. The first-order valence-corrected chi connectivity index (χ1v) is 6.95. The predicted octanol–water partition coefficient (Wildman–Crippen LogP) is 2.09. The fourth-order valence-corrected chi connectivity index (χ4v) is 2.70. The monoisotopic (exact) mass is 275 g/mol. The zero-order chi connectivity index (χ0) is 14.9. The van der Waals surface area contributed by atoms with Crippen molar-refractivity contribution in [2.24, 2.45) is 5.92 Å². The molecule has 1 aliphatic rings. The van der Waals surface area contributed by atoms with Gasteiger partial charge in [0.15, 0.2) is 0 Å². The third-order valence-electron chi connectivity index (χ3n) is 4.17. The van der Waals surface area contributed by atoms with E-state index in [0.717, 1.165) is 6.42 Å². The van der Waals surface area contributed by atoms with Crippen LogP contribution in [0.2, 0.25) is 0 Å². The van der Waals surface area contributed by atoms with Crippen molar-refractivity contribution in [3.05, 3.63) is 34.4 Å². The first-order chi connectivity index (χ1) is 9.38. The maximum atomic E-state index is 11.8. The fourth-order valence-electron chi connectivity index (χ4n) is 2.70. The summed E-state index contributed by atoms with van der Waals surface area (Å²) in [5, 5.41) is 8.97. The SMILES string of the molecule is Cc1cc(C)c(CCN2CC(C(=O)O)CC2=O)cc1C. The summed E-state index contributed by atoms with van der Waals surface area (Å²) in [7, 11) is 0. The van der Waals surface area contributed by atoms with Gasteiger partial charge in [0.25, 0.3) is 0 Å². The molecule has 0 radical (unpaired) electrons. The van der Waals surface area contributed by atoms with Gasteiger partial charge in [-0.25, -0.2) is 0 Å². The Morgan fingerprint density at radius 1 is 1.25 bits per heavy atom. The molecule has 4 heteroatoms. The number of nitrogens with zero attached hydrogens (tertiary/aromatic N) is 1. The Kier molecular flexibility index (Phi) is 4.12. The molecule has 20 heavy (non-hydrogen) atoms. The van der Waals surface area contributed by atoms with Gasteiger partial charge in [0.2, 0.25) is 5.91 Å². The number of carbonyl (C=O) groups is 2. The summed E-state index contributed by atoms with van der Waals surface area (Å²) < 4.78 is 0. The summed E-state index contributed by atoms with van der Waals surface area (Å²) in [5.41, 5.74) is 4.99. The number of carboxylic acids is 1. The van der Waals surface area contributed by atoms with E-state index in [-0.39, 0.29) is 12.3 Å². The molecule has 0 aromatic heterocycles. The van der Waals surface area contributed by atoms with Gasteiger partial charge in [-0.1, -0.05) is 12.1 Å². The quantitative estimate of drug-likeness (QED) is 0.915. The lowest BCUT2D eigenvalue weighted by molar-refractivity contribution is -0.141. The topological polar surface area (TPSA) is 57.6 Å². The van der Waals surface area contributed by atoms with Gasteiger partial charge < -0.3 is 10.0 Å². The second kappa shape index (κ2) is 5.65. The Balaban J connectivity index is 2.01. The number of hydrogen-bond donors (Lipinski definition) is 1. The number of likely N-dealkylation sites (tertiary alicyclic amines) is 1. The van der Waals surface area contributed by atoms with Crippen LogP contribution in [0.15, 0.2) is 12.1 Å². The van der Waals surface area contributed by atoms with E-state index in [9.17, 15) is 9.59 Å². The van der Waals surface area contributed by atoms with Crippen LogP contribution < -0.4 is 0 Å². The van der Waals surface area contributed by atoms with Crippen LogP contribution >= 0.6 is 0 Å². The summed E-state index contributed by atoms with van der Waals surface area (Å²) in [6.45, 7) is 7.20. The Morgan fingerprint density at radius 3 is 2.50 bits per heavy atom. The summed E-state index contributed by atoms with van der Waals surface area (Å²) in [6, 6.07) is 4.33. The molecule has 1 fully saturated rings. The molecule has 0 saturated carbocycles. The maximum Gasteiger partial charge on any atom is 0.308 e. The Labute approximate surface area is 119 Å². The summed E-state index contributed by atoms with van der Waals surface area (Å²) >= 11 is 0. The maximum absolute atomic E-state index is 11.8. The fraction of sp³-hybridized carbons (Fsp3) is 0.500. The molecule has 2 rings (SSSR count). The van der Waals surface area contributed by atoms with E-state index in [1.807, 2.05) is 0 Å². The minimum absolute atomic E-state index is 0.0427. The highest BCUT2D eigenvalue weighted by Gasteiger charge is 2.33. The van der Waals surface area contributed by atoms with Gasteiger partial charge in [-0.3, -0.25) is 9.59 Å². The van der Waals surface area contributed by atoms with Crippen molar-refractivity contribution in [1.82, 2.24) is 4.90 Å². The number of carboxylic acid groups (broad SMARTS) is 1. The normalized spacial score (nSPS) is 18.6. The highest BCUT2D eigenvalue weighted by molar-refractivity contribution is 5.86. The molecular formula is C16H21NO3. The number of aliphatic carboxylic acids is 1.